The molecule has 0 saturated carbocycles. The Morgan fingerprint density at radius 2 is 1.52 bits per heavy atom. The predicted molar refractivity (Wildman–Crippen MR) is 105 cm³/mol. The van der Waals surface area contributed by atoms with Gasteiger partial charge in [-0.3, -0.25) is 0 Å². The molecule has 2 unspecified atom stereocenters. The van der Waals surface area contributed by atoms with Crippen LogP contribution in [-0.2, 0) is 32.2 Å². The fourth-order valence-electron chi connectivity index (χ4n) is 3.61. The summed E-state index contributed by atoms with van der Waals surface area (Å²) < 4.78 is 24.4. The lowest BCUT2D eigenvalue weighted by Crippen LogP contribution is -2.43. The summed E-state index contributed by atoms with van der Waals surface area (Å²) in [5, 5.41) is 0. The lowest BCUT2D eigenvalue weighted by Gasteiger charge is -2.30. The van der Waals surface area contributed by atoms with Gasteiger partial charge in [-0.2, -0.15) is 0 Å². The van der Waals surface area contributed by atoms with Crippen LogP contribution in [0.2, 0.25) is 0 Å². The molecule has 0 N–H and O–H groups in total. The van der Waals surface area contributed by atoms with Crippen LogP contribution in [0.15, 0.2) is 60.7 Å². The third-order valence-electron chi connectivity index (χ3n) is 5.33. The summed E-state index contributed by atoms with van der Waals surface area (Å²) in [6.45, 7) is 5.82. The van der Waals surface area contributed by atoms with Crippen molar-refractivity contribution in [3.8, 4) is 0 Å². The van der Waals surface area contributed by atoms with Crippen molar-refractivity contribution in [3.63, 3.8) is 0 Å². The lowest BCUT2D eigenvalue weighted by atomic mass is 9.93. The second-order valence-corrected chi connectivity index (χ2v) is 7.24. The molecule has 4 nitrogen and oxygen atoms in total. The van der Waals surface area contributed by atoms with E-state index in [-0.39, 0.29) is 18.3 Å². The number of hydrogen-bond donors (Lipinski definition) is 0. The number of benzene rings is 2. The van der Waals surface area contributed by atoms with E-state index in [9.17, 15) is 0 Å². The largest absolute Gasteiger partial charge is 0.376 e. The molecule has 2 aromatic rings. The Morgan fingerprint density at radius 3 is 2.07 bits per heavy atom. The van der Waals surface area contributed by atoms with Crippen molar-refractivity contribution in [1.82, 2.24) is 0 Å². The van der Waals surface area contributed by atoms with Gasteiger partial charge < -0.3 is 18.9 Å². The second-order valence-electron chi connectivity index (χ2n) is 7.24. The molecule has 0 radical (unpaired) electrons. The van der Waals surface area contributed by atoms with Gasteiger partial charge in [-0.05, 0) is 24.5 Å². The molecular weight excluding hydrogens is 340 g/mol. The van der Waals surface area contributed by atoms with Crippen LogP contribution in [0, 0.1) is 0 Å². The summed E-state index contributed by atoms with van der Waals surface area (Å²) in [7, 11) is 1.72. The lowest BCUT2D eigenvalue weighted by molar-refractivity contribution is -0.110. The number of hydrogen-bond acceptors (Lipinski definition) is 4. The molecule has 1 fully saturated rings. The standard InChI is InChI=1S/C23H30O4/c1-4-23(2)22(26-16-19-13-9-6-10-14-19)21(24-3)20(27-23)17-25-15-18-11-7-5-8-12-18/h5-14,20-22H,4,15-17H2,1-3H3/t20-,21-,22?,23?/m1/s1. The summed E-state index contributed by atoms with van der Waals surface area (Å²) in [5.41, 5.74) is 1.91. The molecule has 0 spiro atoms. The molecule has 1 heterocycles. The van der Waals surface area contributed by atoms with E-state index < -0.39 is 5.60 Å². The molecule has 0 amide bonds. The number of methoxy groups -OCH3 is 1. The van der Waals surface area contributed by atoms with Crippen LogP contribution in [0.25, 0.3) is 0 Å². The van der Waals surface area contributed by atoms with E-state index in [2.05, 4.69) is 38.1 Å². The maximum atomic E-state index is 6.37. The summed E-state index contributed by atoms with van der Waals surface area (Å²) in [4.78, 5) is 0. The first-order chi connectivity index (χ1) is 13.2. The molecule has 4 heteroatoms. The van der Waals surface area contributed by atoms with Crippen LogP contribution in [0.3, 0.4) is 0 Å². The van der Waals surface area contributed by atoms with E-state index >= 15 is 0 Å². The summed E-state index contributed by atoms with van der Waals surface area (Å²) in [5.74, 6) is 0. The van der Waals surface area contributed by atoms with E-state index in [0.29, 0.717) is 19.8 Å². The fourth-order valence-corrected chi connectivity index (χ4v) is 3.61. The summed E-state index contributed by atoms with van der Waals surface area (Å²) in [6, 6.07) is 20.4. The van der Waals surface area contributed by atoms with Crippen LogP contribution in [0.1, 0.15) is 31.4 Å². The van der Waals surface area contributed by atoms with Crippen molar-refractivity contribution in [2.75, 3.05) is 13.7 Å². The van der Waals surface area contributed by atoms with Gasteiger partial charge in [-0.15, -0.1) is 0 Å². The second kappa shape index (κ2) is 9.47. The van der Waals surface area contributed by atoms with Crippen molar-refractivity contribution in [2.24, 2.45) is 0 Å². The normalized spacial score (nSPS) is 27.7. The highest BCUT2D eigenvalue weighted by atomic mass is 16.6. The Balaban J connectivity index is 1.61. The third-order valence-corrected chi connectivity index (χ3v) is 5.33. The van der Waals surface area contributed by atoms with Gasteiger partial charge in [0, 0.05) is 7.11 Å². The van der Waals surface area contributed by atoms with E-state index in [1.54, 1.807) is 7.11 Å². The van der Waals surface area contributed by atoms with Gasteiger partial charge in [0.2, 0.25) is 0 Å². The van der Waals surface area contributed by atoms with Crippen LogP contribution < -0.4 is 0 Å². The highest BCUT2D eigenvalue weighted by Crippen LogP contribution is 2.38. The molecule has 1 aliphatic heterocycles. The van der Waals surface area contributed by atoms with Gasteiger partial charge in [0.05, 0.1) is 25.4 Å². The highest BCUT2D eigenvalue weighted by Gasteiger charge is 2.52. The zero-order valence-corrected chi connectivity index (χ0v) is 16.5. The van der Waals surface area contributed by atoms with Crippen LogP contribution in [0.5, 0.6) is 0 Å². The van der Waals surface area contributed by atoms with Crippen molar-refractivity contribution in [3.05, 3.63) is 71.8 Å². The first-order valence-corrected chi connectivity index (χ1v) is 9.64. The van der Waals surface area contributed by atoms with E-state index in [0.717, 1.165) is 17.5 Å². The van der Waals surface area contributed by atoms with Gasteiger partial charge in [0.25, 0.3) is 0 Å². The van der Waals surface area contributed by atoms with Crippen LogP contribution >= 0.6 is 0 Å². The highest BCUT2D eigenvalue weighted by molar-refractivity contribution is 5.14. The minimum absolute atomic E-state index is 0.141. The van der Waals surface area contributed by atoms with Gasteiger partial charge in [0.15, 0.2) is 0 Å². The van der Waals surface area contributed by atoms with Crippen molar-refractivity contribution >= 4 is 0 Å². The minimum atomic E-state index is -0.393. The molecule has 146 valence electrons. The summed E-state index contributed by atoms with van der Waals surface area (Å²) >= 11 is 0. The van der Waals surface area contributed by atoms with Gasteiger partial charge in [0.1, 0.15) is 18.3 Å². The van der Waals surface area contributed by atoms with Crippen LogP contribution in [0.4, 0.5) is 0 Å². The Hall–Kier alpha value is -1.72. The minimum Gasteiger partial charge on any atom is -0.376 e. The maximum absolute atomic E-state index is 6.37. The number of ether oxygens (including phenoxy) is 4. The van der Waals surface area contributed by atoms with Gasteiger partial charge >= 0.3 is 0 Å². The molecule has 2 aromatic carbocycles. The molecular formula is C23H30O4. The molecule has 1 aliphatic rings. The molecule has 0 aromatic heterocycles. The van der Waals surface area contributed by atoms with E-state index in [1.165, 1.54) is 0 Å². The van der Waals surface area contributed by atoms with Gasteiger partial charge in [-0.25, -0.2) is 0 Å². The average Bonchev–Trinajstić information content (AvgIpc) is 2.99. The predicted octanol–water partition coefficient (Wildman–Crippen LogP) is 4.37. The zero-order valence-electron chi connectivity index (χ0n) is 16.5. The zero-order chi connectivity index (χ0) is 19.1. The maximum Gasteiger partial charge on any atom is 0.115 e. The van der Waals surface area contributed by atoms with Crippen molar-refractivity contribution in [2.45, 2.75) is 57.4 Å². The molecule has 27 heavy (non-hydrogen) atoms. The molecule has 0 aliphatic carbocycles. The smallest absolute Gasteiger partial charge is 0.115 e. The Morgan fingerprint density at radius 1 is 0.926 bits per heavy atom. The van der Waals surface area contributed by atoms with Crippen LogP contribution in [-0.4, -0.2) is 37.6 Å². The molecule has 0 bridgehead atoms. The molecule has 3 rings (SSSR count). The molecule has 1 saturated heterocycles. The van der Waals surface area contributed by atoms with Crippen molar-refractivity contribution < 1.29 is 18.9 Å². The first kappa shape index (κ1) is 20.0. The van der Waals surface area contributed by atoms with E-state index in [1.807, 2.05) is 36.4 Å². The number of rotatable bonds is 9. The average molecular weight is 370 g/mol. The SMILES string of the molecule is CCC1(C)O[C@H](COCc2ccccc2)[C@@H](OC)C1OCc1ccccc1. The Kier molecular flexibility index (Phi) is 7.02. The van der Waals surface area contributed by atoms with Crippen molar-refractivity contribution in [1.29, 1.82) is 0 Å². The summed E-state index contributed by atoms with van der Waals surface area (Å²) in [6.07, 6.45) is 0.401. The van der Waals surface area contributed by atoms with E-state index in [4.69, 9.17) is 18.9 Å². The quantitative estimate of drug-likeness (QED) is 0.657. The molecule has 4 atom stereocenters. The third kappa shape index (κ3) is 4.96. The Labute approximate surface area is 162 Å². The fraction of sp³-hybridized carbons (Fsp3) is 0.478. The van der Waals surface area contributed by atoms with Gasteiger partial charge in [-0.1, -0.05) is 67.6 Å². The monoisotopic (exact) mass is 370 g/mol. The topological polar surface area (TPSA) is 36.9 Å². The Bertz CT molecular complexity index is 675. The first-order valence-electron chi connectivity index (χ1n) is 9.64.